The summed E-state index contributed by atoms with van der Waals surface area (Å²) in [6, 6.07) is 12.3. The smallest absolute Gasteiger partial charge is 0.0929 e. The molecule has 0 unspecified atom stereocenters. The zero-order valence-electron chi connectivity index (χ0n) is 9.01. The number of aromatic nitrogens is 2. The van der Waals surface area contributed by atoms with Gasteiger partial charge in [0.05, 0.1) is 11.4 Å². The van der Waals surface area contributed by atoms with Gasteiger partial charge in [-0.3, -0.25) is 4.68 Å². The second kappa shape index (κ2) is 4.13. The molecule has 0 amide bonds. The molecular weight excluding hydrogens is 184 g/mol. The molecule has 0 radical (unpaired) electrons. The lowest BCUT2D eigenvalue weighted by atomic mass is 10.1. The predicted octanol–water partition coefficient (Wildman–Crippen LogP) is 3.12. The van der Waals surface area contributed by atoms with Crippen LogP contribution in [0.3, 0.4) is 0 Å². The maximum absolute atomic E-state index is 4.46. The van der Waals surface area contributed by atoms with Crippen LogP contribution in [-0.4, -0.2) is 9.78 Å². The van der Waals surface area contributed by atoms with Gasteiger partial charge < -0.3 is 0 Å². The molecule has 2 aromatic rings. The molecule has 0 fully saturated rings. The minimum absolute atomic E-state index is 1.02. The Morgan fingerprint density at radius 2 is 1.93 bits per heavy atom. The summed E-state index contributed by atoms with van der Waals surface area (Å²) in [6.45, 7) is 2.01. The minimum Gasteiger partial charge on any atom is -0.268 e. The first-order valence-electron chi connectivity index (χ1n) is 5.03. The van der Waals surface area contributed by atoms with E-state index in [1.165, 1.54) is 0 Å². The van der Waals surface area contributed by atoms with Gasteiger partial charge in [-0.25, -0.2) is 0 Å². The first kappa shape index (κ1) is 9.71. The van der Waals surface area contributed by atoms with Crippen LogP contribution in [0.25, 0.3) is 17.3 Å². The zero-order valence-corrected chi connectivity index (χ0v) is 9.01. The molecule has 0 spiro atoms. The molecule has 2 heteroatoms. The summed E-state index contributed by atoms with van der Waals surface area (Å²) in [5.41, 5.74) is 3.30. The maximum atomic E-state index is 4.46. The average Bonchev–Trinajstić information content (AvgIpc) is 2.63. The van der Waals surface area contributed by atoms with Crippen LogP contribution < -0.4 is 0 Å². The summed E-state index contributed by atoms with van der Waals surface area (Å²) in [5, 5.41) is 4.46. The molecule has 1 heterocycles. The van der Waals surface area contributed by atoms with Gasteiger partial charge in [-0.2, -0.15) is 5.10 Å². The summed E-state index contributed by atoms with van der Waals surface area (Å²) in [6.07, 6.45) is 4.07. The van der Waals surface area contributed by atoms with Crippen LogP contribution in [0.2, 0.25) is 0 Å². The zero-order chi connectivity index (χ0) is 10.7. The third-order valence-corrected chi connectivity index (χ3v) is 2.32. The molecule has 0 aliphatic rings. The monoisotopic (exact) mass is 198 g/mol. The lowest BCUT2D eigenvalue weighted by Crippen LogP contribution is -1.92. The maximum Gasteiger partial charge on any atom is 0.0929 e. The van der Waals surface area contributed by atoms with E-state index < -0.39 is 0 Å². The molecule has 0 aliphatic carbocycles. The van der Waals surface area contributed by atoms with Crippen molar-refractivity contribution in [2.45, 2.75) is 6.92 Å². The fraction of sp³-hybridized carbons (Fsp3) is 0.154. The van der Waals surface area contributed by atoms with Gasteiger partial charge in [0.1, 0.15) is 0 Å². The third kappa shape index (κ3) is 1.99. The Morgan fingerprint density at radius 1 is 1.20 bits per heavy atom. The largest absolute Gasteiger partial charge is 0.268 e. The fourth-order valence-electron chi connectivity index (χ4n) is 1.56. The standard InChI is InChI=1S/C13H14N2/c1-3-7-12-10-13(14-15(12)2)11-8-5-4-6-9-11/h3-10H,1-2H3/b7-3+. The van der Waals surface area contributed by atoms with E-state index in [0.29, 0.717) is 0 Å². The van der Waals surface area contributed by atoms with Crippen LogP contribution in [-0.2, 0) is 7.05 Å². The number of rotatable bonds is 2. The molecule has 0 atom stereocenters. The van der Waals surface area contributed by atoms with Crippen molar-refractivity contribution in [2.75, 3.05) is 0 Å². The minimum atomic E-state index is 1.02. The van der Waals surface area contributed by atoms with Crippen molar-refractivity contribution in [1.29, 1.82) is 0 Å². The van der Waals surface area contributed by atoms with Crippen molar-refractivity contribution in [3.63, 3.8) is 0 Å². The molecule has 2 nitrogen and oxygen atoms in total. The van der Waals surface area contributed by atoms with Crippen LogP contribution in [0.15, 0.2) is 42.5 Å². The Labute approximate surface area is 89.9 Å². The Kier molecular flexibility index (Phi) is 2.68. The second-order valence-electron chi connectivity index (χ2n) is 3.44. The van der Waals surface area contributed by atoms with Gasteiger partial charge in [0, 0.05) is 12.6 Å². The topological polar surface area (TPSA) is 17.8 Å². The van der Waals surface area contributed by atoms with Gasteiger partial charge in [-0.15, -0.1) is 0 Å². The molecule has 76 valence electrons. The summed E-state index contributed by atoms with van der Waals surface area (Å²) in [7, 11) is 1.96. The highest BCUT2D eigenvalue weighted by molar-refractivity contribution is 5.62. The van der Waals surface area contributed by atoms with E-state index in [0.717, 1.165) is 17.0 Å². The molecule has 0 saturated heterocycles. The quantitative estimate of drug-likeness (QED) is 0.725. The Bertz CT molecular complexity index is 467. The molecule has 1 aromatic heterocycles. The van der Waals surface area contributed by atoms with E-state index in [1.807, 2.05) is 42.9 Å². The molecular formula is C13H14N2. The third-order valence-electron chi connectivity index (χ3n) is 2.32. The fourth-order valence-corrected chi connectivity index (χ4v) is 1.56. The molecule has 0 saturated carbocycles. The highest BCUT2D eigenvalue weighted by Gasteiger charge is 2.03. The predicted molar refractivity (Wildman–Crippen MR) is 63.4 cm³/mol. The molecule has 15 heavy (non-hydrogen) atoms. The normalized spacial score (nSPS) is 11.1. The molecule has 0 bridgehead atoms. The van der Waals surface area contributed by atoms with Gasteiger partial charge in [-0.05, 0) is 19.1 Å². The lowest BCUT2D eigenvalue weighted by molar-refractivity contribution is 0.762. The van der Waals surface area contributed by atoms with Gasteiger partial charge in [0.15, 0.2) is 0 Å². The van der Waals surface area contributed by atoms with E-state index in [1.54, 1.807) is 0 Å². The van der Waals surface area contributed by atoms with Crippen LogP contribution in [0.5, 0.6) is 0 Å². The second-order valence-corrected chi connectivity index (χ2v) is 3.44. The van der Waals surface area contributed by atoms with Crippen LogP contribution in [0.1, 0.15) is 12.6 Å². The van der Waals surface area contributed by atoms with Crippen molar-refractivity contribution in [3.05, 3.63) is 48.2 Å². The molecule has 2 rings (SSSR count). The Morgan fingerprint density at radius 3 is 2.60 bits per heavy atom. The van der Waals surface area contributed by atoms with Crippen molar-refractivity contribution in [3.8, 4) is 11.3 Å². The first-order valence-corrected chi connectivity index (χ1v) is 5.03. The lowest BCUT2D eigenvalue weighted by Gasteiger charge is -1.93. The number of hydrogen-bond acceptors (Lipinski definition) is 1. The highest BCUT2D eigenvalue weighted by Crippen LogP contribution is 2.18. The first-order chi connectivity index (χ1) is 7.31. The SMILES string of the molecule is C/C=C/c1cc(-c2ccccc2)nn1C. The number of allylic oxidation sites excluding steroid dienone is 1. The summed E-state index contributed by atoms with van der Waals surface area (Å²) in [4.78, 5) is 0. The van der Waals surface area contributed by atoms with Crippen LogP contribution in [0.4, 0.5) is 0 Å². The van der Waals surface area contributed by atoms with Crippen LogP contribution in [0, 0.1) is 0 Å². The number of hydrogen-bond donors (Lipinski definition) is 0. The number of benzene rings is 1. The van der Waals surface area contributed by atoms with Crippen molar-refractivity contribution in [2.24, 2.45) is 7.05 Å². The van der Waals surface area contributed by atoms with E-state index in [-0.39, 0.29) is 0 Å². The van der Waals surface area contributed by atoms with Gasteiger partial charge >= 0.3 is 0 Å². The van der Waals surface area contributed by atoms with Gasteiger partial charge in [0.2, 0.25) is 0 Å². The van der Waals surface area contributed by atoms with Crippen molar-refractivity contribution in [1.82, 2.24) is 9.78 Å². The van der Waals surface area contributed by atoms with E-state index in [2.05, 4.69) is 29.4 Å². The summed E-state index contributed by atoms with van der Waals surface area (Å²) < 4.78 is 1.89. The van der Waals surface area contributed by atoms with Gasteiger partial charge in [-0.1, -0.05) is 36.4 Å². The van der Waals surface area contributed by atoms with Crippen molar-refractivity contribution >= 4 is 6.08 Å². The summed E-state index contributed by atoms with van der Waals surface area (Å²) >= 11 is 0. The molecule has 0 N–H and O–H groups in total. The molecule has 0 aliphatic heterocycles. The van der Waals surface area contributed by atoms with E-state index >= 15 is 0 Å². The Balaban J connectivity index is 2.43. The van der Waals surface area contributed by atoms with E-state index in [4.69, 9.17) is 0 Å². The van der Waals surface area contributed by atoms with E-state index in [9.17, 15) is 0 Å². The Hall–Kier alpha value is -1.83. The summed E-state index contributed by atoms with van der Waals surface area (Å²) in [5.74, 6) is 0. The molecule has 1 aromatic carbocycles. The van der Waals surface area contributed by atoms with Gasteiger partial charge in [0.25, 0.3) is 0 Å². The highest BCUT2D eigenvalue weighted by atomic mass is 15.3. The average molecular weight is 198 g/mol. The number of nitrogens with zero attached hydrogens (tertiary/aromatic N) is 2. The van der Waals surface area contributed by atoms with Crippen molar-refractivity contribution < 1.29 is 0 Å². The van der Waals surface area contributed by atoms with Crippen LogP contribution >= 0.6 is 0 Å². The number of aryl methyl sites for hydroxylation is 1.